The molecule has 0 atom stereocenters. The number of nitrogens with zero attached hydrogens (tertiary/aromatic N) is 2. The van der Waals surface area contributed by atoms with Gasteiger partial charge in [-0.2, -0.15) is 23.0 Å². The van der Waals surface area contributed by atoms with Gasteiger partial charge in [0, 0.05) is 17.4 Å². The first-order valence-electron chi connectivity index (χ1n) is 9.67. The average molecular weight is 460 g/mol. The highest BCUT2D eigenvalue weighted by Gasteiger charge is 2.44. The molecule has 1 aliphatic rings. The van der Waals surface area contributed by atoms with E-state index in [-0.39, 0.29) is 29.0 Å². The molecule has 0 unspecified atom stereocenters. The third-order valence-electron chi connectivity index (χ3n) is 5.20. The number of fused-ring (bicyclic) bond motifs is 2. The lowest BCUT2D eigenvalue weighted by Crippen LogP contribution is -2.26. The van der Waals surface area contributed by atoms with Crippen LogP contribution >= 0.6 is 0 Å². The number of benzene rings is 3. The van der Waals surface area contributed by atoms with Gasteiger partial charge in [0.25, 0.3) is 5.56 Å². The third-order valence-corrected chi connectivity index (χ3v) is 5.20. The highest BCUT2D eigenvalue weighted by molar-refractivity contribution is 5.81. The summed E-state index contributed by atoms with van der Waals surface area (Å²) in [5, 5.41) is 4.85. The van der Waals surface area contributed by atoms with E-state index in [1.54, 1.807) is 30.3 Å². The van der Waals surface area contributed by atoms with Gasteiger partial charge >= 0.3 is 12.5 Å². The molecule has 10 heteroatoms. The summed E-state index contributed by atoms with van der Waals surface area (Å²) in [6.07, 6.45) is -6.63. The average Bonchev–Trinajstić information content (AvgIpc) is 3.09. The maximum atomic E-state index is 13.5. The van der Waals surface area contributed by atoms with Gasteiger partial charge < -0.3 is 9.47 Å². The molecule has 0 spiro atoms. The predicted octanol–water partition coefficient (Wildman–Crippen LogP) is 5.32. The molecule has 4 aromatic rings. The van der Waals surface area contributed by atoms with Gasteiger partial charge in [-0.15, -0.1) is 8.78 Å². The van der Waals surface area contributed by atoms with E-state index in [9.17, 15) is 26.7 Å². The van der Waals surface area contributed by atoms with Gasteiger partial charge in [-0.1, -0.05) is 24.3 Å². The highest BCUT2D eigenvalue weighted by atomic mass is 19.4. The molecule has 0 N–H and O–H groups in total. The second-order valence-electron chi connectivity index (χ2n) is 7.42. The zero-order valence-corrected chi connectivity index (χ0v) is 16.6. The van der Waals surface area contributed by atoms with Gasteiger partial charge in [-0.05, 0) is 42.0 Å². The number of para-hydroxylation sites is 1. The predicted molar refractivity (Wildman–Crippen MR) is 108 cm³/mol. The Balaban J connectivity index is 1.51. The fourth-order valence-electron chi connectivity index (χ4n) is 3.66. The second-order valence-corrected chi connectivity index (χ2v) is 7.42. The van der Waals surface area contributed by atoms with Gasteiger partial charge in [0.2, 0.25) is 0 Å². The van der Waals surface area contributed by atoms with Crippen molar-refractivity contribution in [3.05, 3.63) is 93.9 Å². The number of alkyl halides is 5. The Morgan fingerprint density at radius 1 is 0.970 bits per heavy atom. The van der Waals surface area contributed by atoms with Crippen molar-refractivity contribution in [1.82, 2.24) is 9.78 Å². The summed E-state index contributed by atoms with van der Waals surface area (Å²) in [6.45, 7) is 0. The largest absolute Gasteiger partial charge is 0.586 e. The van der Waals surface area contributed by atoms with E-state index < -0.39 is 23.6 Å². The quantitative estimate of drug-likeness (QED) is 0.389. The van der Waals surface area contributed by atoms with Crippen LogP contribution in [0.25, 0.3) is 16.5 Å². The summed E-state index contributed by atoms with van der Waals surface area (Å²) in [5.41, 5.74) is -0.111. The fourth-order valence-corrected chi connectivity index (χ4v) is 3.66. The summed E-state index contributed by atoms with van der Waals surface area (Å²) in [5.74, 6) is -0.147. The van der Waals surface area contributed by atoms with Crippen LogP contribution in [0.4, 0.5) is 22.0 Å². The van der Waals surface area contributed by atoms with Crippen molar-refractivity contribution in [2.75, 3.05) is 0 Å². The minimum Gasteiger partial charge on any atom is -0.395 e. The van der Waals surface area contributed by atoms with Crippen molar-refractivity contribution in [3.63, 3.8) is 0 Å². The number of hydrogen-bond acceptors (Lipinski definition) is 4. The van der Waals surface area contributed by atoms with Crippen LogP contribution < -0.4 is 15.0 Å². The van der Waals surface area contributed by atoms with E-state index in [0.29, 0.717) is 16.5 Å². The molecular formula is C23H13F5N2O3. The molecule has 5 nitrogen and oxygen atoms in total. The minimum absolute atomic E-state index is 0.0699. The highest BCUT2D eigenvalue weighted by Crippen LogP contribution is 2.43. The van der Waals surface area contributed by atoms with Gasteiger partial charge in [-0.3, -0.25) is 4.79 Å². The van der Waals surface area contributed by atoms with Gasteiger partial charge in [0.05, 0.1) is 22.8 Å². The molecule has 0 bridgehead atoms. The van der Waals surface area contributed by atoms with Gasteiger partial charge in [-0.25, -0.2) is 0 Å². The summed E-state index contributed by atoms with van der Waals surface area (Å²) in [6, 6.07) is 13.6. The Bertz CT molecular complexity index is 1430. The van der Waals surface area contributed by atoms with Crippen LogP contribution in [0.15, 0.2) is 71.7 Å². The van der Waals surface area contributed by atoms with E-state index in [2.05, 4.69) is 14.6 Å². The van der Waals surface area contributed by atoms with E-state index in [0.717, 1.165) is 28.9 Å². The van der Waals surface area contributed by atoms with Crippen LogP contribution in [0.1, 0.15) is 16.7 Å². The molecule has 33 heavy (non-hydrogen) atoms. The molecule has 0 aliphatic carbocycles. The van der Waals surface area contributed by atoms with E-state index in [1.165, 1.54) is 12.3 Å². The molecule has 0 radical (unpaired) electrons. The van der Waals surface area contributed by atoms with Crippen LogP contribution in [0, 0.1) is 0 Å². The number of ether oxygens (including phenoxy) is 2. The van der Waals surface area contributed by atoms with Gasteiger partial charge in [0.15, 0.2) is 11.5 Å². The molecule has 3 aromatic carbocycles. The Morgan fingerprint density at radius 3 is 2.45 bits per heavy atom. The van der Waals surface area contributed by atoms with E-state index in [4.69, 9.17) is 0 Å². The molecule has 1 aromatic heterocycles. The molecule has 168 valence electrons. The molecule has 0 saturated carbocycles. The smallest absolute Gasteiger partial charge is 0.395 e. The van der Waals surface area contributed by atoms with Crippen molar-refractivity contribution in [2.24, 2.45) is 0 Å². The summed E-state index contributed by atoms with van der Waals surface area (Å²) in [7, 11) is 0. The zero-order valence-electron chi connectivity index (χ0n) is 16.6. The Hall–Kier alpha value is -3.95. The first kappa shape index (κ1) is 20.9. The number of hydrogen-bond donors (Lipinski definition) is 0. The first-order chi connectivity index (χ1) is 15.6. The van der Waals surface area contributed by atoms with Crippen molar-refractivity contribution in [2.45, 2.75) is 18.9 Å². The number of aromatic nitrogens is 2. The number of rotatable bonds is 3. The van der Waals surface area contributed by atoms with Crippen molar-refractivity contribution >= 4 is 10.8 Å². The van der Waals surface area contributed by atoms with Crippen LogP contribution in [0.5, 0.6) is 11.5 Å². The zero-order chi connectivity index (χ0) is 23.4. The summed E-state index contributed by atoms with van der Waals surface area (Å²) in [4.78, 5) is 13.0. The number of halogens is 5. The van der Waals surface area contributed by atoms with Crippen LogP contribution in [-0.2, 0) is 12.6 Å². The lowest BCUT2D eigenvalue weighted by Gasteiger charge is -2.10. The third kappa shape index (κ3) is 3.88. The Morgan fingerprint density at radius 2 is 1.73 bits per heavy atom. The van der Waals surface area contributed by atoms with Crippen molar-refractivity contribution in [3.8, 4) is 17.2 Å². The maximum absolute atomic E-state index is 13.5. The molecule has 0 saturated heterocycles. The fraction of sp³-hybridized carbons (Fsp3) is 0.130. The summed E-state index contributed by atoms with van der Waals surface area (Å²) < 4.78 is 75.4. The van der Waals surface area contributed by atoms with Crippen molar-refractivity contribution in [1.29, 1.82) is 0 Å². The molecule has 1 aliphatic heterocycles. The Labute approximate surface area is 182 Å². The maximum Gasteiger partial charge on any atom is 0.586 e. The standard InChI is InChI=1S/C23H13F5N2O3/c24-22(25,26)16-6-8-17(9-7-16)30-21(31)18-11-13(4-5-15(18)12-29-30)10-14-2-1-3-19-20(14)33-23(27,28)32-19/h1-9,11-12H,10H2. The monoisotopic (exact) mass is 460 g/mol. The molecule has 0 fully saturated rings. The molecule has 0 amide bonds. The van der Waals surface area contributed by atoms with Crippen molar-refractivity contribution < 1.29 is 31.4 Å². The lowest BCUT2D eigenvalue weighted by molar-refractivity contribution is -0.286. The van der Waals surface area contributed by atoms with E-state index >= 15 is 0 Å². The molecular weight excluding hydrogens is 447 g/mol. The van der Waals surface area contributed by atoms with E-state index in [1.807, 2.05) is 0 Å². The lowest BCUT2D eigenvalue weighted by atomic mass is 10.0. The first-order valence-corrected chi connectivity index (χ1v) is 9.67. The van der Waals surface area contributed by atoms with Crippen LogP contribution in [-0.4, -0.2) is 16.1 Å². The Kier molecular flexibility index (Phi) is 4.62. The van der Waals surface area contributed by atoms with Crippen LogP contribution in [0.3, 0.4) is 0 Å². The normalized spacial score (nSPS) is 14.6. The molecule has 2 heterocycles. The van der Waals surface area contributed by atoms with Gasteiger partial charge in [0.1, 0.15) is 0 Å². The topological polar surface area (TPSA) is 53.4 Å². The van der Waals surface area contributed by atoms with Crippen LogP contribution in [0.2, 0.25) is 0 Å². The summed E-state index contributed by atoms with van der Waals surface area (Å²) >= 11 is 0. The minimum atomic E-state index is -4.49. The SMILES string of the molecule is O=c1c2cc(Cc3cccc4c3OC(F)(F)O4)ccc2cnn1-c1ccc(C(F)(F)F)cc1. The molecule has 5 rings (SSSR count). The second kappa shape index (κ2) is 7.29.